The Labute approximate surface area is 123 Å². The Morgan fingerprint density at radius 3 is 2.80 bits per heavy atom. The number of aromatic nitrogens is 2. The van der Waals surface area contributed by atoms with E-state index in [-0.39, 0.29) is 0 Å². The Hall–Kier alpha value is -1.16. The summed E-state index contributed by atoms with van der Waals surface area (Å²) >= 11 is 2.02. The Bertz CT molecular complexity index is 644. The maximum absolute atomic E-state index is 5.92. The monoisotopic (exact) mass is 287 g/mol. The summed E-state index contributed by atoms with van der Waals surface area (Å²) in [6.07, 6.45) is 8.76. The molecule has 0 aliphatic heterocycles. The van der Waals surface area contributed by atoms with Gasteiger partial charge in [0.05, 0.1) is 11.0 Å². The van der Waals surface area contributed by atoms with Crippen molar-refractivity contribution >= 4 is 28.5 Å². The second-order valence-corrected chi connectivity index (χ2v) is 7.33. The molecular formula is C16H21N3S. The van der Waals surface area contributed by atoms with Crippen molar-refractivity contribution < 1.29 is 0 Å². The van der Waals surface area contributed by atoms with Crippen LogP contribution in [-0.4, -0.2) is 21.1 Å². The zero-order valence-corrected chi connectivity index (χ0v) is 12.7. The maximum Gasteiger partial charge on any atom is 0.113 e. The number of thioether (sulfide) groups is 1. The zero-order valence-electron chi connectivity index (χ0n) is 11.9. The van der Waals surface area contributed by atoms with Crippen LogP contribution in [0.5, 0.6) is 0 Å². The van der Waals surface area contributed by atoms with E-state index in [0.29, 0.717) is 12.0 Å². The number of hydrogen-bond acceptors (Lipinski definition) is 3. The summed E-state index contributed by atoms with van der Waals surface area (Å²) in [5.41, 5.74) is 9.10. The summed E-state index contributed by atoms with van der Waals surface area (Å²) in [4.78, 5) is 4.91. The summed E-state index contributed by atoms with van der Waals surface area (Å²) in [5.74, 6) is 2.01. The molecule has 0 bridgehead atoms. The summed E-state index contributed by atoms with van der Waals surface area (Å²) in [6, 6.07) is 6.84. The van der Waals surface area contributed by atoms with Crippen LogP contribution in [-0.2, 0) is 0 Å². The molecule has 4 rings (SSSR count). The van der Waals surface area contributed by atoms with Gasteiger partial charge in [0.1, 0.15) is 5.82 Å². The Balaban J connectivity index is 1.81. The van der Waals surface area contributed by atoms with Gasteiger partial charge in [-0.25, -0.2) is 4.98 Å². The first-order chi connectivity index (χ1) is 9.76. The van der Waals surface area contributed by atoms with Crippen molar-refractivity contribution in [1.29, 1.82) is 0 Å². The molecule has 2 unspecified atom stereocenters. The van der Waals surface area contributed by atoms with E-state index in [4.69, 9.17) is 10.7 Å². The standard InChI is InChI=1S/C16H21N3S/c1-20-13-6-5-12(9-13)19-15-7-4-11(17)8-14(15)18-16(19)10-2-3-10/h4,7-8,10,12-13H,2-3,5-6,9,17H2,1H3. The van der Waals surface area contributed by atoms with Gasteiger partial charge >= 0.3 is 0 Å². The third-order valence-corrected chi connectivity index (χ3v) is 5.83. The molecule has 0 radical (unpaired) electrons. The Morgan fingerprint density at radius 1 is 1.25 bits per heavy atom. The van der Waals surface area contributed by atoms with E-state index in [9.17, 15) is 0 Å². The van der Waals surface area contributed by atoms with Crippen molar-refractivity contribution in [1.82, 2.24) is 9.55 Å². The number of fused-ring (bicyclic) bond motifs is 1. The van der Waals surface area contributed by atoms with Crippen molar-refractivity contribution in [2.75, 3.05) is 12.0 Å². The van der Waals surface area contributed by atoms with Crippen molar-refractivity contribution in [3.05, 3.63) is 24.0 Å². The van der Waals surface area contributed by atoms with Crippen molar-refractivity contribution in [3.63, 3.8) is 0 Å². The highest BCUT2D eigenvalue weighted by Gasteiger charge is 2.34. The Morgan fingerprint density at radius 2 is 2.10 bits per heavy atom. The molecule has 2 aliphatic rings. The first-order valence-corrected chi connectivity index (χ1v) is 8.85. The molecule has 1 heterocycles. The molecule has 3 nitrogen and oxygen atoms in total. The minimum Gasteiger partial charge on any atom is -0.399 e. The van der Waals surface area contributed by atoms with Crippen LogP contribution in [0.3, 0.4) is 0 Å². The fraction of sp³-hybridized carbons (Fsp3) is 0.562. The second kappa shape index (κ2) is 4.69. The third kappa shape index (κ3) is 2.01. The van der Waals surface area contributed by atoms with Crippen LogP contribution in [0.4, 0.5) is 5.69 Å². The van der Waals surface area contributed by atoms with Crippen LogP contribution in [0.2, 0.25) is 0 Å². The predicted molar refractivity (Wildman–Crippen MR) is 86.3 cm³/mol. The van der Waals surface area contributed by atoms with E-state index < -0.39 is 0 Å². The highest BCUT2D eigenvalue weighted by Crippen LogP contribution is 2.45. The van der Waals surface area contributed by atoms with Crippen LogP contribution < -0.4 is 5.73 Å². The molecule has 0 saturated heterocycles. The van der Waals surface area contributed by atoms with Gasteiger partial charge in [0.25, 0.3) is 0 Å². The molecule has 0 spiro atoms. The van der Waals surface area contributed by atoms with Gasteiger partial charge in [0, 0.05) is 22.9 Å². The fourth-order valence-corrected chi connectivity index (χ4v) is 4.30. The number of nitrogens with zero attached hydrogens (tertiary/aromatic N) is 2. The van der Waals surface area contributed by atoms with Crippen molar-refractivity contribution in [2.45, 2.75) is 49.3 Å². The van der Waals surface area contributed by atoms with Gasteiger partial charge in [-0.15, -0.1) is 0 Å². The molecule has 1 aromatic heterocycles. The lowest BCUT2D eigenvalue weighted by atomic mass is 10.2. The molecule has 106 valence electrons. The van der Waals surface area contributed by atoms with Crippen molar-refractivity contribution in [2.24, 2.45) is 0 Å². The van der Waals surface area contributed by atoms with Crippen LogP contribution in [0, 0.1) is 0 Å². The average molecular weight is 287 g/mol. The van der Waals surface area contributed by atoms with Crippen molar-refractivity contribution in [3.8, 4) is 0 Å². The third-order valence-electron chi connectivity index (χ3n) is 4.74. The number of rotatable bonds is 3. The second-order valence-electron chi connectivity index (χ2n) is 6.19. The zero-order chi connectivity index (χ0) is 13.7. The van der Waals surface area contributed by atoms with E-state index in [1.54, 1.807) is 0 Å². The van der Waals surface area contributed by atoms with Gasteiger partial charge < -0.3 is 10.3 Å². The molecule has 2 aromatic rings. The summed E-state index contributed by atoms with van der Waals surface area (Å²) in [5, 5.41) is 0.818. The van der Waals surface area contributed by atoms with E-state index in [2.05, 4.69) is 16.9 Å². The van der Waals surface area contributed by atoms with Gasteiger partial charge in [-0.05, 0) is 56.6 Å². The first kappa shape index (κ1) is 12.6. The summed E-state index contributed by atoms with van der Waals surface area (Å²) in [7, 11) is 0. The number of imidazole rings is 1. The molecular weight excluding hydrogens is 266 g/mol. The van der Waals surface area contributed by atoms with Gasteiger partial charge in [-0.1, -0.05) is 0 Å². The van der Waals surface area contributed by atoms with E-state index in [1.165, 1.54) is 43.4 Å². The quantitative estimate of drug-likeness (QED) is 0.869. The molecule has 20 heavy (non-hydrogen) atoms. The maximum atomic E-state index is 5.92. The predicted octanol–water partition coefficient (Wildman–Crippen LogP) is 3.95. The number of benzene rings is 1. The number of hydrogen-bond donors (Lipinski definition) is 1. The van der Waals surface area contributed by atoms with E-state index in [1.807, 2.05) is 23.9 Å². The molecule has 2 aliphatic carbocycles. The Kier molecular flexibility index (Phi) is 2.95. The molecule has 2 saturated carbocycles. The lowest BCUT2D eigenvalue weighted by molar-refractivity contribution is 0.512. The molecule has 4 heteroatoms. The van der Waals surface area contributed by atoms with Crippen LogP contribution >= 0.6 is 11.8 Å². The minimum atomic E-state index is 0.636. The average Bonchev–Trinajstić information content (AvgIpc) is 3.07. The molecule has 1 aromatic carbocycles. The van der Waals surface area contributed by atoms with Crippen LogP contribution in [0.1, 0.15) is 49.9 Å². The van der Waals surface area contributed by atoms with E-state index in [0.717, 1.165) is 16.5 Å². The number of anilines is 1. The minimum absolute atomic E-state index is 0.636. The molecule has 0 amide bonds. The lowest BCUT2D eigenvalue weighted by Gasteiger charge is -2.17. The lowest BCUT2D eigenvalue weighted by Crippen LogP contribution is -2.09. The van der Waals surface area contributed by atoms with E-state index >= 15 is 0 Å². The largest absolute Gasteiger partial charge is 0.399 e. The molecule has 2 fully saturated rings. The highest BCUT2D eigenvalue weighted by molar-refractivity contribution is 7.99. The SMILES string of the molecule is CSC1CCC(n2c(C3CC3)nc3cc(N)ccc32)C1. The number of nitrogen functional groups attached to an aromatic ring is 1. The molecule has 2 atom stereocenters. The summed E-state index contributed by atoms with van der Waals surface area (Å²) < 4.78 is 2.54. The number of nitrogens with two attached hydrogens (primary N) is 1. The smallest absolute Gasteiger partial charge is 0.113 e. The summed E-state index contributed by atoms with van der Waals surface area (Å²) in [6.45, 7) is 0. The van der Waals surface area contributed by atoms with Gasteiger partial charge in [-0.2, -0.15) is 11.8 Å². The van der Waals surface area contributed by atoms with Crippen LogP contribution in [0.15, 0.2) is 18.2 Å². The van der Waals surface area contributed by atoms with Gasteiger partial charge in [0.2, 0.25) is 0 Å². The molecule has 2 N–H and O–H groups in total. The highest BCUT2D eigenvalue weighted by atomic mass is 32.2. The van der Waals surface area contributed by atoms with Crippen LogP contribution in [0.25, 0.3) is 11.0 Å². The first-order valence-electron chi connectivity index (χ1n) is 7.56. The van der Waals surface area contributed by atoms with Gasteiger partial charge in [-0.3, -0.25) is 0 Å². The fourth-order valence-electron chi connectivity index (χ4n) is 3.51. The topological polar surface area (TPSA) is 43.8 Å². The van der Waals surface area contributed by atoms with Gasteiger partial charge in [0.15, 0.2) is 0 Å². The normalized spacial score (nSPS) is 26.4.